The summed E-state index contributed by atoms with van der Waals surface area (Å²) in [5.74, 6) is -0.0678. The largest absolute Gasteiger partial charge is 0.390 e. The molecule has 1 unspecified atom stereocenters. The molecule has 0 rings (SSSR count). The van der Waals surface area contributed by atoms with E-state index in [1.165, 1.54) is 6.08 Å². The van der Waals surface area contributed by atoms with E-state index in [0.29, 0.717) is 6.42 Å². The second kappa shape index (κ2) is 4.88. The Balaban J connectivity index is 4.00. The van der Waals surface area contributed by atoms with Gasteiger partial charge in [-0.05, 0) is 19.4 Å². The first-order valence-electron chi connectivity index (χ1n) is 4.06. The highest BCUT2D eigenvalue weighted by Crippen LogP contribution is 2.13. The molecule has 0 fully saturated rings. The summed E-state index contributed by atoms with van der Waals surface area (Å²) in [6.07, 6.45) is 5.30. The van der Waals surface area contributed by atoms with E-state index in [4.69, 9.17) is 0 Å². The Bertz CT molecular complexity index is 190. The number of allylic oxidation sites excluding steroid dienone is 3. The Kier molecular flexibility index (Phi) is 4.52. The summed E-state index contributed by atoms with van der Waals surface area (Å²) < 4.78 is 0. The SMILES string of the molecule is C=C/C=C/C(=O)CC(C)(O)CC. The van der Waals surface area contributed by atoms with Crippen LogP contribution in [0, 0.1) is 0 Å². The second-order valence-corrected chi connectivity index (χ2v) is 3.09. The van der Waals surface area contributed by atoms with Gasteiger partial charge >= 0.3 is 0 Å². The lowest BCUT2D eigenvalue weighted by molar-refractivity contribution is -0.118. The van der Waals surface area contributed by atoms with Crippen LogP contribution in [0.1, 0.15) is 26.7 Å². The van der Waals surface area contributed by atoms with E-state index in [2.05, 4.69) is 6.58 Å². The van der Waals surface area contributed by atoms with Crippen molar-refractivity contribution in [3.05, 3.63) is 24.8 Å². The van der Waals surface area contributed by atoms with Crippen molar-refractivity contribution in [3.8, 4) is 0 Å². The van der Waals surface area contributed by atoms with Crippen LogP contribution in [0.4, 0.5) is 0 Å². The molecular weight excluding hydrogens is 152 g/mol. The Morgan fingerprint density at radius 1 is 1.67 bits per heavy atom. The fraction of sp³-hybridized carbons (Fsp3) is 0.500. The van der Waals surface area contributed by atoms with Gasteiger partial charge in [0.25, 0.3) is 0 Å². The van der Waals surface area contributed by atoms with Crippen LogP contribution in [0.5, 0.6) is 0 Å². The first-order valence-corrected chi connectivity index (χ1v) is 4.06. The van der Waals surface area contributed by atoms with E-state index in [0.717, 1.165) is 0 Å². The van der Waals surface area contributed by atoms with Gasteiger partial charge in [-0.3, -0.25) is 4.79 Å². The monoisotopic (exact) mass is 168 g/mol. The third kappa shape index (κ3) is 4.85. The van der Waals surface area contributed by atoms with Gasteiger partial charge in [-0.2, -0.15) is 0 Å². The van der Waals surface area contributed by atoms with E-state index >= 15 is 0 Å². The highest BCUT2D eigenvalue weighted by atomic mass is 16.3. The number of hydrogen-bond donors (Lipinski definition) is 1. The maximum absolute atomic E-state index is 11.1. The summed E-state index contributed by atoms with van der Waals surface area (Å²) in [6.45, 7) is 6.96. The van der Waals surface area contributed by atoms with E-state index in [-0.39, 0.29) is 12.2 Å². The zero-order chi connectivity index (χ0) is 9.61. The second-order valence-electron chi connectivity index (χ2n) is 3.09. The highest BCUT2D eigenvalue weighted by Gasteiger charge is 2.19. The van der Waals surface area contributed by atoms with Gasteiger partial charge in [0.15, 0.2) is 5.78 Å². The molecule has 1 N–H and O–H groups in total. The number of ketones is 1. The average molecular weight is 168 g/mol. The zero-order valence-electron chi connectivity index (χ0n) is 7.71. The van der Waals surface area contributed by atoms with Crippen LogP contribution in [0.2, 0.25) is 0 Å². The van der Waals surface area contributed by atoms with Crippen LogP contribution in [-0.4, -0.2) is 16.5 Å². The van der Waals surface area contributed by atoms with Crippen molar-refractivity contribution >= 4 is 5.78 Å². The van der Waals surface area contributed by atoms with E-state index in [1.54, 1.807) is 19.1 Å². The Labute approximate surface area is 73.6 Å². The molecule has 0 saturated heterocycles. The highest BCUT2D eigenvalue weighted by molar-refractivity contribution is 5.90. The van der Waals surface area contributed by atoms with Gasteiger partial charge in [0.1, 0.15) is 0 Å². The van der Waals surface area contributed by atoms with Gasteiger partial charge in [-0.25, -0.2) is 0 Å². The fourth-order valence-electron chi connectivity index (χ4n) is 0.735. The lowest BCUT2D eigenvalue weighted by Gasteiger charge is -2.18. The Hall–Kier alpha value is -0.890. The molecule has 0 aromatic rings. The number of carbonyl (C=O) groups excluding carboxylic acids is 1. The average Bonchev–Trinajstić information content (AvgIpc) is 2.00. The summed E-state index contributed by atoms with van der Waals surface area (Å²) in [5.41, 5.74) is -0.872. The standard InChI is InChI=1S/C10H16O2/c1-4-6-7-9(11)8-10(3,12)5-2/h4,6-7,12H,1,5,8H2,2-3H3/b7-6+. The molecule has 0 aromatic heterocycles. The predicted molar refractivity (Wildman–Crippen MR) is 49.9 cm³/mol. The molecule has 0 aliphatic heterocycles. The number of carbonyl (C=O) groups is 1. The molecule has 0 spiro atoms. The van der Waals surface area contributed by atoms with Gasteiger partial charge in [0, 0.05) is 6.42 Å². The van der Waals surface area contributed by atoms with Crippen molar-refractivity contribution in [3.63, 3.8) is 0 Å². The molecule has 68 valence electrons. The lowest BCUT2D eigenvalue weighted by Crippen LogP contribution is -2.25. The first-order chi connectivity index (χ1) is 5.52. The maximum Gasteiger partial charge on any atom is 0.158 e. The van der Waals surface area contributed by atoms with Gasteiger partial charge in [0.2, 0.25) is 0 Å². The quantitative estimate of drug-likeness (QED) is 0.502. The van der Waals surface area contributed by atoms with Crippen molar-refractivity contribution in [1.29, 1.82) is 0 Å². The van der Waals surface area contributed by atoms with Crippen molar-refractivity contribution in [2.45, 2.75) is 32.3 Å². The number of aliphatic hydroxyl groups is 1. The van der Waals surface area contributed by atoms with Crippen LogP contribution in [0.3, 0.4) is 0 Å². The third-order valence-corrected chi connectivity index (χ3v) is 1.73. The molecule has 0 aliphatic carbocycles. The number of hydrogen-bond acceptors (Lipinski definition) is 2. The zero-order valence-corrected chi connectivity index (χ0v) is 7.71. The number of rotatable bonds is 5. The van der Waals surface area contributed by atoms with Gasteiger partial charge in [-0.15, -0.1) is 0 Å². The summed E-state index contributed by atoms with van der Waals surface area (Å²) in [5, 5.41) is 9.51. The molecule has 1 atom stereocenters. The molecule has 0 aliphatic rings. The molecule has 2 nitrogen and oxygen atoms in total. The molecular formula is C10H16O2. The minimum Gasteiger partial charge on any atom is -0.390 e. The molecule has 0 amide bonds. The molecule has 0 bridgehead atoms. The van der Waals surface area contributed by atoms with Crippen molar-refractivity contribution in [1.82, 2.24) is 0 Å². The Morgan fingerprint density at radius 3 is 2.67 bits per heavy atom. The predicted octanol–water partition coefficient (Wildman–Crippen LogP) is 1.85. The summed E-state index contributed by atoms with van der Waals surface area (Å²) in [6, 6.07) is 0. The Morgan fingerprint density at radius 2 is 2.25 bits per heavy atom. The lowest BCUT2D eigenvalue weighted by atomic mass is 9.96. The van der Waals surface area contributed by atoms with Gasteiger partial charge in [-0.1, -0.05) is 25.7 Å². The van der Waals surface area contributed by atoms with Gasteiger partial charge in [0.05, 0.1) is 5.60 Å². The van der Waals surface area contributed by atoms with Crippen LogP contribution in [0.25, 0.3) is 0 Å². The van der Waals surface area contributed by atoms with Crippen LogP contribution in [-0.2, 0) is 4.79 Å². The topological polar surface area (TPSA) is 37.3 Å². The van der Waals surface area contributed by atoms with Crippen molar-refractivity contribution in [2.24, 2.45) is 0 Å². The van der Waals surface area contributed by atoms with Crippen molar-refractivity contribution < 1.29 is 9.90 Å². The first kappa shape index (κ1) is 11.1. The fourth-order valence-corrected chi connectivity index (χ4v) is 0.735. The minimum atomic E-state index is -0.872. The molecule has 2 heteroatoms. The van der Waals surface area contributed by atoms with E-state index in [1.807, 2.05) is 6.92 Å². The van der Waals surface area contributed by atoms with Crippen LogP contribution in [0.15, 0.2) is 24.8 Å². The molecule has 0 radical (unpaired) electrons. The third-order valence-electron chi connectivity index (χ3n) is 1.73. The molecule has 0 aromatic carbocycles. The normalized spacial score (nSPS) is 15.9. The van der Waals surface area contributed by atoms with E-state index in [9.17, 15) is 9.90 Å². The summed E-state index contributed by atoms with van der Waals surface area (Å²) in [7, 11) is 0. The molecule has 12 heavy (non-hydrogen) atoms. The van der Waals surface area contributed by atoms with E-state index < -0.39 is 5.60 Å². The van der Waals surface area contributed by atoms with Gasteiger partial charge < -0.3 is 5.11 Å². The molecule has 0 saturated carbocycles. The maximum atomic E-state index is 11.1. The van der Waals surface area contributed by atoms with Crippen molar-refractivity contribution in [2.75, 3.05) is 0 Å². The smallest absolute Gasteiger partial charge is 0.158 e. The van der Waals surface area contributed by atoms with Crippen LogP contribution < -0.4 is 0 Å². The minimum absolute atomic E-state index is 0.0678. The summed E-state index contributed by atoms with van der Waals surface area (Å²) in [4.78, 5) is 11.1. The summed E-state index contributed by atoms with van der Waals surface area (Å²) >= 11 is 0. The van der Waals surface area contributed by atoms with Crippen LogP contribution >= 0.6 is 0 Å². The molecule has 0 heterocycles.